The number of carbonyl (C=O) groups is 4. The number of nitrogens with one attached hydrogen (secondary N) is 3. The van der Waals surface area contributed by atoms with E-state index in [1.54, 1.807) is 6.92 Å². The summed E-state index contributed by atoms with van der Waals surface area (Å²) >= 11 is 7.93. The molecule has 150 valence electrons. The van der Waals surface area contributed by atoms with Gasteiger partial charge in [-0.15, -0.1) is 0 Å². The maximum absolute atomic E-state index is 12.4. The number of carbonyl (C=O) groups excluding carboxylic acids is 3. The Kier molecular flexibility index (Phi) is 11.3. The SMILES string of the molecule is CCC(C)C(NC(=O)C(CS)NC(=O)C(C)N)C(=O)NC(CS)C(=O)O. The molecule has 0 aliphatic carbocycles. The molecule has 6 N–H and O–H groups in total. The third-order valence-electron chi connectivity index (χ3n) is 3.82. The molecule has 0 aromatic rings. The number of carboxylic acid groups (broad SMARTS) is 1. The second-order valence-electron chi connectivity index (χ2n) is 5.99. The number of hydrogen-bond donors (Lipinski definition) is 7. The Morgan fingerprint density at radius 3 is 1.81 bits per heavy atom. The Morgan fingerprint density at radius 2 is 1.42 bits per heavy atom. The van der Waals surface area contributed by atoms with Crippen LogP contribution in [0.4, 0.5) is 0 Å². The highest BCUT2D eigenvalue weighted by Crippen LogP contribution is 2.09. The van der Waals surface area contributed by atoms with Crippen LogP contribution in [-0.2, 0) is 19.2 Å². The van der Waals surface area contributed by atoms with Crippen molar-refractivity contribution in [2.75, 3.05) is 11.5 Å². The summed E-state index contributed by atoms with van der Waals surface area (Å²) in [6.45, 7) is 5.05. The van der Waals surface area contributed by atoms with Gasteiger partial charge < -0.3 is 26.8 Å². The standard InChI is InChI=1S/C15H28N4O5S2/c1-4-7(2)11(14(22)18-10(6-26)15(23)24)19-13(21)9(5-25)17-12(20)8(3)16/h7-11,25-26H,4-6,16H2,1-3H3,(H,17,20)(H,18,22)(H,19,21)(H,23,24). The van der Waals surface area contributed by atoms with Crippen LogP contribution in [0.3, 0.4) is 0 Å². The van der Waals surface area contributed by atoms with E-state index in [1.807, 2.05) is 6.92 Å². The molecule has 0 aliphatic rings. The van der Waals surface area contributed by atoms with Crippen LogP contribution in [0.2, 0.25) is 0 Å². The summed E-state index contributed by atoms with van der Waals surface area (Å²) in [5, 5.41) is 16.4. The van der Waals surface area contributed by atoms with Gasteiger partial charge in [-0.25, -0.2) is 4.79 Å². The minimum absolute atomic E-state index is 0.00747. The van der Waals surface area contributed by atoms with Crippen molar-refractivity contribution in [2.24, 2.45) is 11.7 Å². The molecule has 0 aromatic heterocycles. The van der Waals surface area contributed by atoms with E-state index in [0.29, 0.717) is 6.42 Å². The lowest BCUT2D eigenvalue weighted by Gasteiger charge is -2.27. The van der Waals surface area contributed by atoms with Crippen LogP contribution in [0.1, 0.15) is 27.2 Å². The number of rotatable bonds is 11. The van der Waals surface area contributed by atoms with Gasteiger partial charge in [-0.3, -0.25) is 14.4 Å². The minimum Gasteiger partial charge on any atom is -0.480 e. The second-order valence-corrected chi connectivity index (χ2v) is 6.72. The summed E-state index contributed by atoms with van der Waals surface area (Å²) in [4.78, 5) is 47.6. The van der Waals surface area contributed by atoms with Gasteiger partial charge in [0.15, 0.2) is 0 Å². The zero-order valence-corrected chi connectivity index (χ0v) is 16.8. The largest absolute Gasteiger partial charge is 0.480 e. The minimum atomic E-state index is -1.22. The fourth-order valence-corrected chi connectivity index (χ4v) is 2.40. The molecule has 0 heterocycles. The van der Waals surface area contributed by atoms with E-state index < -0.39 is 47.9 Å². The smallest absolute Gasteiger partial charge is 0.327 e. The summed E-state index contributed by atoms with van der Waals surface area (Å²) in [6.07, 6.45) is 0.564. The molecule has 0 saturated carbocycles. The first-order valence-corrected chi connectivity index (χ1v) is 9.46. The Balaban J connectivity index is 5.19. The molecule has 3 amide bonds. The van der Waals surface area contributed by atoms with Crippen molar-refractivity contribution in [3.63, 3.8) is 0 Å². The second kappa shape index (κ2) is 12.0. The molecule has 0 radical (unpaired) electrons. The molecule has 0 bridgehead atoms. The Hall–Kier alpha value is -1.46. The van der Waals surface area contributed by atoms with Crippen LogP contribution in [-0.4, -0.2) is 64.5 Å². The monoisotopic (exact) mass is 408 g/mol. The summed E-state index contributed by atoms with van der Waals surface area (Å²) < 4.78 is 0. The molecule has 0 rings (SSSR count). The summed E-state index contributed by atoms with van der Waals surface area (Å²) in [6, 6.07) is -3.92. The first-order chi connectivity index (χ1) is 12.1. The van der Waals surface area contributed by atoms with Gasteiger partial charge in [0.2, 0.25) is 17.7 Å². The molecule has 0 aromatic carbocycles. The number of amides is 3. The van der Waals surface area contributed by atoms with E-state index in [2.05, 4.69) is 41.2 Å². The fourth-order valence-electron chi connectivity index (χ4n) is 1.90. The Bertz CT molecular complexity index is 518. The predicted molar refractivity (Wildman–Crippen MR) is 104 cm³/mol. The lowest BCUT2D eigenvalue weighted by atomic mass is 9.97. The molecule has 5 atom stereocenters. The molecule has 26 heavy (non-hydrogen) atoms. The first-order valence-electron chi connectivity index (χ1n) is 8.20. The zero-order valence-electron chi connectivity index (χ0n) is 15.1. The molecule has 0 fully saturated rings. The van der Waals surface area contributed by atoms with Crippen LogP contribution in [0.5, 0.6) is 0 Å². The van der Waals surface area contributed by atoms with Crippen LogP contribution in [0, 0.1) is 5.92 Å². The first kappa shape index (κ1) is 24.5. The van der Waals surface area contributed by atoms with Crippen molar-refractivity contribution < 1.29 is 24.3 Å². The van der Waals surface area contributed by atoms with Gasteiger partial charge in [-0.2, -0.15) is 25.3 Å². The fraction of sp³-hybridized carbons (Fsp3) is 0.733. The maximum Gasteiger partial charge on any atom is 0.327 e. The van der Waals surface area contributed by atoms with Crippen LogP contribution in [0.25, 0.3) is 0 Å². The quantitative estimate of drug-likeness (QED) is 0.213. The van der Waals surface area contributed by atoms with E-state index in [-0.39, 0.29) is 17.4 Å². The van der Waals surface area contributed by atoms with Crippen molar-refractivity contribution >= 4 is 48.9 Å². The average molecular weight is 409 g/mol. The number of hydrogen-bond acceptors (Lipinski definition) is 7. The van der Waals surface area contributed by atoms with Crippen molar-refractivity contribution in [1.82, 2.24) is 16.0 Å². The summed E-state index contributed by atoms with van der Waals surface area (Å²) in [5.74, 6) is -3.33. The average Bonchev–Trinajstić information content (AvgIpc) is 2.60. The van der Waals surface area contributed by atoms with Gasteiger partial charge in [0, 0.05) is 11.5 Å². The van der Waals surface area contributed by atoms with E-state index in [1.165, 1.54) is 6.92 Å². The van der Waals surface area contributed by atoms with E-state index in [0.717, 1.165) is 0 Å². The van der Waals surface area contributed by atoms with E-state index in [9.17, 15) is 19.2 Å². The maximum atomic E-state index is 12.4. The summed E-state index contributed by atoms with van der Waals surface area (Å²) in [5.41, 5.74) is 5.46. The van der Waals surface area contributed by atoms with Gasteiger partial charge in [0.1, 0.15) is 18.1 Å². The molecule has 5 unspecified atom stereocenters. The van der Waals surface area contributed by atoms with Gasteiger partial charge >= 0.3 is 5.97 Å². The van der Waals surface area contributed by atoms with Gasteiger partial charge in [0.25, 0.3) is 0 Å². The molecule has 11 heteroatoms. The third-order valence-corrected chi connectivity index (χ3v) is 4.55. The highest BCUT2D eigenvalue weighted by atomic mass is 32.1. The lowest BCUT2D eigenvalue weighted by Crippen LogP contribution is -2.59. The van der Waals surface area contributed by atoms with Crippen molar-refractivity contribution in [1.29, 1.82) is 0 Å². The Labute approximate surface area is 164 Å². The van der Waals surface area contributed by atoms with Gasteiger partial charge in [-0.1, -0.05) is 20.3 Å². The van der Waals surface area contributed by atoms with Gasteiger partial charge in [0.05, 0.1) is 6.04 Å². The number of thiol groups is 2. The summed E-state index contributed by atoms with van der Waals surface area (Å²) in [7, 11) is 0. The molecule has 0 aliphatic heterocycles. The topological polar surface area (TPSA) is 151 Å². The normalized spacial score (nSPS) is 16.5. The predicted octanol–water partition coefficient (Wildman–Crippen LogP) is -1.22. The van der Waals surface area contributed by atoms with Crippen LogP contribution >= 0.6 is 25.3 Å². The van der Waals surface area contributed by atoms with Crippen molar-refractivity contribution in [2.45, 2.75) is 51.4 Å². The van der Waals surface area contributed by atoms with Crippen molar-refractivity contribution in [3.05, 3.63) is 0 Å². The molecular formula is C15H28N4O5S2. The molecule has 0 saturated heterocycles. The number of nitrogens with two attached hydrogens (primary N) is 1. The van der Waals surface area contributed by atoms with E-state index >= 15 is 0 Å². The highest BCUT2D eigenvalue weighted by Gasteiger charge is 2.31. The zero-order chi connectivity index (χ0) is 20.4. The molecule has 9 nitrogen and oxygen atoms in total. The lowest BCUT2D eigenvalue weighted by molar-refractivity contribution is -0.142. The molecule has 0 spiro atoms. The number of carboxylic acids is 1. The Morgan fingerprint density at radius 1 is 0.923 bits per heavy atom. The van der Waals surface area contributed by atoms with E-state index in [4.69, 9.17) is 10.8 Å². The number of aliphatic carboxylic acids is 1. The van der Waals surface area contributed by atoms with Gasteiger partial charge in [-0.05, 0) is 12.8 Å². The highest BCUT2D eigenvalue weighted by molar-refractivity contribution is 7.80. The third kappa shape index (κ3) is 7.83. The molecular weight excluding hydrogens is 380 g/mol. The van der Waals surface area contributed by atoms with Crippen molar-refractivity contribution in [3.8, 4) is 0 Å². The van der Waals surface area contributed by atoms with Crippen LogP contribution < -0.4 is 21.7 Å². The van der Waals surface area contributed by atoms with Crippen LogP contribution in [0.15, 0.2) is 0 Å².